The van der Waals surface area contributed by atoms with Crippen molar-refractivity contribution in [2.24, 2.45) is 7.05 Å². The highest BCUT2D eigenvalue weighted by atomic mass is 35.5. The molecule has 31 heavy (non-hydrogen) atoms. The number of aryl methyl sites for hydroxylation is 2. The van der Waals surface area contributed by atoms with Crippen LogP contribution in [0.4, 0.5) is 5.69 Å². The van der Waals surface area contributed by atoms with Crippen molar-refractivity contribution >= 4 is 39.9 Å². The predicted molar refractivity (Wildman–Crippen MR) is 131 cm³/mol. The summed E-state index contributed by atoms with van der Waals surface area (Å²) in [6.07, 6.45) is 1.76. The van der Waals surface area contributed by atoms with Gasteiger partial charge < -0.3 is 14.8 Å². The van der Waals surface area contributed by atoms with Crippen LogP contribution in [-0.2, 0) is 7.05 Å². The van der Waals surface area contributed by atoms with E-state index in [9.17, 15) is 0 Å². The second-order valence-electron chi connectivity index (χ2n) is 8.02. The summed E-state index contributed by atoms with van der Waals surface area (Å²) in [6, 6.07) is 16.8. The molecule has 0 atom stereocenters. The van der Waals surface area contributed by atoms with E-state index in [-0.39, 0.29) is 0 Å². The molecule has 0 saturated carbocycles. The van der Waals surface area contributed by atoms with E-state index >= 15 is 0 Å². The molecule has 0 radical (unpaired) electrons. The Kier molecular flexibility index (Phi) is 5.39. The number of anilines is 1. The number of nitrogens with one attached hydrogen (secondary N) is 1. The van der Waals surface area contributed by atoms with Crippen LogP contribution in [0.15, 0.2) is 54.7 Å². The zero-order valence-electron chi connectivity index (χ0n) is 17.6. The van der Waals surface area contributed by atoms with E-state index in [1.165, 1.54) is 5.69 Å². The van der Waals surface area contributed by atoms with Crippen molar-refractivity contribution < 1.29 is 0 Å². The normalized spacial score (nSPS) is 14.4. The first-order valence-electron chi connectivity index (χ1n) is 10.5. The molecular weight excluding hydrogens is 427 g/mol. The summed E-state index contributed by atoms with van der Waals surface area (Å²) in [7, 11) is 2.05. The van der Waals surface area contributed by atoms with Gasteiger partial charge in [0.25, 0.3) is 0 Å². The molecule has 0 amide bonds. The van der Waals surface area contributed by atoms with Gasteiger partial charge >= 0.3 is 0 Å². The van der Waals surface area contributed by atoms with Crippen LogP contribution >= 0.6 is 23.2 Å². The summed E-state index contributed by atoms with van der Waals surface area (Å²) in [5.74, 6) is 0. The molecule has 0 bridgehead atoms. The summed E-state index contributed by atoms with van der Waals surface area (Å²) >= 11 is 13.0. The van der Waals surface area contributed by atoms with Crippen LogP contribution in [-0.4, -0.2) is 35.7 Å². The minimum Gasteiger partial charge on any atom is -0.369 e. The molecular formula is C25H24Cl2N4. The van der Waals surface area contributed by atoms with Crippen LogP contribution in [0.3, 0.4) is 0 Å². The highest BCUT2D eigenvalue weighted by molar-refractivity contribution is 6.37. The molecule has 2 aromatic heterocycles. The number of aromatic nitrogens is 2. The van der Waals surface area contributed by atoms with E-state index in [0.29, 0.717) is 5.02 Å². The number of hydrogen-bond acceptors (Lipinski definition) is 3. The highest BCUT2D eigenvalue weighted by Crippen LogP contribution is 2.43. The Morgan fingerprint density at radius 2 is 1.61 bits per heavy atom. The average molecular weight is 451 g/mol. The van der Waals surface area contributed by atoms with Gasteiger partial charge in [0.1, 0.15) is 5.65 Å². The monoisotopic (exact) mass is 450 g/mol. The Balaban J connectivity index is 1.70. The molecule has 1 N–H and O–H groups in total. The van der Waals surface area contributed by atoms with E-state index in [4.69, 9.17) is 23.2 Å². The molecule has 1 aliphatic rings. The maximum atomic E-state index is 6.69. The summed E-state index contributed by atoms with van der Waals surface area (Å²) in [5, 5.41) is 5.84. The fourth-order valence-corrected chi connectivity index (χ4v) is 4.83. The van der Waals surface area contributed by atoms with Gasteiger partial charge in [-0.2, -0.15) is 0 Å². The number of pyridine rings is 1. The van der Waals surface area contributed by atoms with Crippen molar-refractivity contribution in [1.82, 2.24) is 14.9 Å². The Morgan fingerprint density at radius 3 is 2.32 bits per heavy atom. The van der Waals surface area contributed by atoms with Gasteiger partial charge in [0.05, 0.1) is 10.7 Å². The van der Waals surface area contributed by atoms with Crippen molar-refractivity contribution in [3.63, 3.8) is 0 Å². The minimum atomic E-state index is 0.701. The van der Waals surface area contributed by atoms with Gasteiger partial charge in [0.2, 0.25) is 0 Å². The Bertz CT molecular complexity index is 1250. The van der Waals surface area contributed by atoms with Gasteiger partial charge in [0, 0.05) is 61.1 Å². The maximum Gasteiger partial charge on any atom is 0.142 e. The van der Waals surface area contributed by atoms with Crippen molar-refractivity contribution in [1.29, 1.82) is 0 Å². The van der Waals surface area contributed by atoms with E-state index < -0.39 is 0 Å². The van der Waals surface area contributed by atoms with Crippen LogP contribution in [0.25, 0.3) is 33.4 Å². The quantitative estimate of drug-likeness (QED) is 0.419. The molecule has 1 fully saturated rings. The number of hydrogen-bond donors (Lipinski definition) is 1. The number of nitrogens with zero attached hydrogens (tertiary/aromatic N) is 3. The van der Waals surface area contributed by atoms with Crippen molar-refractivity contribution in [2.45, 2.75) is 6.92 Å². The van der Waals surface area contributed by atoms with Crippen molar-refractivity contribution in [3.05, 3.63) is 70.3 Å². The molecule has 6 heteroatoms. The number of rotatable bonds is 3. The lowest BCUT2D eigenvalue weighted by atomic mass is 9.97. The summed E-state index contributed by atoms with van der Waals surface area (Å²) in [4.78, 5) is 7.06. The number of piperazine rings is 1. The summed E-state index contributed by atoms with van der Waals surface area (Å²) in [6.45, 7) is 6.13. The first-order valence-corrected chi connectivity index (χ1v) is 11.3. The van der Waals surface area contributed by atoms with Gasteiger partial charge in [0.15, 0.2) is 0 Å². The smallest absolute Gasteiger partial charge is 0.142 e. The minimum absolute atomic E-state index is 0.701. The van der Waals surface area contributed by atoms with Crippen LogP contribution < -0.4 is 10.2 Å². The van der Waals surface area contributed by atoms with Crippen molar-refractivity contribution in [3.8, 4) is 22.4 Å². The van der Waals surface area contributed by atoms with Crippen molar-refractivity contribution in [2.75, 3.05) is 31.1 Å². The Morgan fingerprint density at radius 1 is 0.903 bits per heavy atom. The number of halogens is 2. The van der Waals surface area contributed by atoms with Gasteiger partial charge in [-0.1, -0.05) is 41.4 Å². The molecule has 4 nitrogen and oxygen atoms in total. The molecule has 0 spiro atoms. The molecule has 2 aromatic carbocycles. The third kappa shape index (κ3) is 3.59. The zero-order chi connectivity index (χ0) is 21.5. The van der Waals surface area contributed by atoms with E-state index in [1.807, 2.05) is 19.1 Å². The molecule has 1 aliphatic heterocycles. The van der Waals surface area contributed by atoms with E-state index in [1.54, 1.807) is 6.20 Å². The molecule has 4 aromatic rings. The first kappa shape index (κ1) is 20.4. The molecule has 0 unspecified atom stereocenters. The van der Waals surface area contributed by atoms with E-state index in [0.717, 1.165) is 70.2 Å². The standard InChI is InChI=1S/C25H24Cl2N4/c1-16-15-18(5-8-20(16)26)22-23-21(27)9-10-29-25(23)30(2)24(22)17-3-6-19(7-4-17)31-13-11-28-12-14-31/h3-10,15,28H,11-14H2,1-2H3. The Hall–Kier alpha value is -2.53. The lowest BCUT2D eigenvalue weighted by Gasteiger charge is -2.29. The number of fused-ring (bicyclic) bond motifs is 1. The first-order chi connectivity index (χ1) is 15.0. The lowest BCUT2D eigenvalue weighted by molar-refractivity contribution is 0.589. The fraction of sp³-hybridized carbons (Fsp3) is 0.240. The second-order valence-corrected chi connectivity index (χ2v) is 8.84. The SMILES string of the molecule is Cc1cc(-c2c(-c3ccc(N4CCNCC4)cc3)n(C)c3nccc(Cl)c23)ccc1Cl. The van der Waals surface area contributed by atoms with Crippen LogP contribution in [0, 0.1) is 6.92 Å². The number of benzene rings is 2. The molecule has 5 rings (SSSR count). The average Bonchev–Trinajstić information content (AvgIpc) is 3.10. The molecule has 158 valence electrons. The van der Waals surface area contributed by atoms with Crippen LogP contribution in [0.5, 0.6) is 0 Å². The summed E-state index contributed by atoms with van der Waals surface area (Å²) in [5.41, 5.74) is 7.58. The molecule has 0 aliphatic carbocycles. The highest BCUT2D eigenvalue weighted by Gasteiger charge is 2.22. The van der Waals surface area contributed by atoms with Gasteiger partial charge in [-0.15, -0.1) is 0 Å². The zero-order valence-corrected chi connectivity index (χ0v) is 19.1. The van der Waals surface area contributed by atoms with E-state index in [2.05, 4.69) is 63.2 Å². The fourth-order valence-electron chi connectivity index (χ4n) is 4.48. The predicted octanol–water partition coefficient (Wildman–Crippen LogP) is 5.93. The largest absolute Gasteiger partial charge is 0.369 e. The molecule has 1 saturated heterocycles. The molecule has 3 heterocycles. The van der Waals surface area contributed by atoms with Crippen LogP contribution in [0.1, 0.15) is 5.56 Å². The Labute approximate surface area is 192 Å². The third-order valence-corrected chi connectivity index (χ3v) is 6.83. The lowest BCUT2D eigenvalue weighted by Crippen LogP contribution is -2.43. The summed E-state index contributed by atoms with van der Waals surface area (Å²) < 4.78 is 2.14. The van der Waals surface area contributed by atoms with Gasteiger partial charge in [-0.3, -0.25) is 0 Å². The topological polar surface area (TPSA) is 33.1 Å². The third-order valence-electron chi connectivity index (χ3n) is 6.09. The maximum absolute atomic E-state index is 6.69. The van der Waals surface area contributed by atoms with Crippen LogP contribution in [0.2, 0.25) is 10.0 Å². The van der Waals surface area contributed by atoms with Gasteiger partial charge in [-0.25, -0.2) is 4.98 Å². The second kappa shape index (κ2) is 8.19. The van der Waals surface area contributed by atoms with Gasteiger partial charge in [-0.05, 0) is 53.9 Å².